The van der Waals surface area contributed by atoms with Crippen molar-refractivity contribution in [3.05, 3.63) is 82.9 Å². The largest absolute Gasteiger partial charge is 2.00 e. The van der Waals surface area contributed by atoms with Gasteiger partial charge in [-0.05, 0) is 106 Å². The van der Waals surface area contributed by atoms with E-state index in [2.05, 4.69) is 83.1 Å². The molecule has 0 aliphatic carbocycles. The van der Waals surface area contributed by atoms with Crippen molar-refractivity contribution in [1.29, 1.82) is 0 Å². The van der Waals surface area contributed by atoms with Crippen molar-refractivity contribution in [3.63, 3.8) is 0 Å². The minimum atomic E-state index is -0.300. The van der Waals surface area contributed by atoms with Crippen molar-refractivity contribution in [2.45, 2.75) is 208 Å². The van der Waals surface area contributed by atoms with Gasteiger partial charge in [0.15, 0.2) is 0 Å². The second kappa shape index (κ2) is 34.0. The van der Waals surface area contributed by atoms with E-state index >= 15 is 0 Å². The summed E-state index contributed by atoms with van der Waals surface area (Å²) >= 11 is 0. The van der Waals surface area contributed by atoms with Crippen LogP contribution < -0.4 is 10.2 Å². The van der Waals surface area contributed by atoms with Crippen LogP contribution in [0, 0.1) is 0 Å². The van der Waals surface area contributed by atoms with Gasteiger partial charge in [-0.25, -0.2) is 0 Å². The summed E-state index contributed by atoms with van der Waals surface area (Å²) < 4.78 is 0. The topological polar surface area (TPSA) is 70.8 Å². The molecule has 0 heterocycles. The summed E-state index contributed by atoms with van der Waals surface area (Å²) in [5, 5.41) is 23.2. The van der Waals surface area contributed by atoms with Gasteiger partial charge in [0.2, 0.25) is 0 Å². The van der Waals surface area contributed by atoms with Crippen LogP contribution in [0.25, 0.3) is 0 Å². The molecule has 0 saturated heterocycles. The maximum atomic E-state index is 11.6. The van der Waals surface area contributed by atoms with Gasteiger partial charge in [0.1, 0.15) is 0 Å². The van der Waals surface area contributed by atoms with E-state index in [1.165, 1.54) is 138 Å². The Labute approximate surface area is 360 Å². The van der Waals surface area contributed by atoms with E-state index in [0.717, 1.165) is 56.3 Å². The molecule has 0 N–H and O–H groups in total. The molecule has 0 bridgehead atoms. The molecule has 0 aliphatic rings. The maximum absolute atomic E-state index is 11.6. The number of aliphatic imine (C=N–C) groups is 2. The van der Waals surface area contributed by atoms with Crippen LogP contribution in [0.3, 0.4) is 0 Å². The van der Waals surface area contributed by atoms with Gasteiger partial charge in [0.05, 0.1) is 22.8 Å². The first-order chi connectivity index (χ1) is 27.4. The van der Waals surface area contributed by atoms with Crippen molar-refractivity contribution in [2.75, 3.05) is 0 Å². The Morgan fingerprint density at radius 3 is 1.19 bits per heavy atom. The molecule has 57 heavy (non-hydrogen) atoms. The first-order valence-electron chi connectivity index (χ1n) is 23.2. The van der Waals surface area contributed by atoms with Crippen molar-refractivity contribution < 1.29 is 26.7 Å². The van der Waals surface area contributed by atoms with Gasteiger partial charge in [-0.3, -0.25) is 9.98 Å². The molecule has 0 saturated carbocycles. The smallest absolute Gasteiger partial charge is 0.873 e. The van der Waals surface area contributed by atoms with E-state index in [1.54, 1.807) is 6.07 Å². The fourth-order valence-corrected chi connectivity index (χ4v) is 7.11. The van der Waals surface area contributed by atoms with E-state index in [0.29, 0.717) is 17.5 Å². The minimum Gasteiger partial charge on any atom is -0.873 e. The fraction of sp³-hybridized carbons (Fsp3) is 0.615. The SMILES string of the molecule is CCCCCCCCc1ccc(N=C(CCCC)C(CCCCC)=Nc2ccc(CCCCCCCC)cc2)cc1.CCCCCc1ccc(CC)c([O-])c1[O-].[Ni+2]. The second-order valence-corrected chi connectivity index (χ2v) is 15.9. The van der Waals surface area contributed by atoms with E-state index in [4.69, 9.17) is 9.98 Å². The van der Waals surface area contributed by atoms with Gasteiger partial charge in [-0.15, -0.1) is 11.5 Å². The average molecular weight is 824 g/mol. The van der Waals surface area contributed by atoms with Crippen LogP contribution >= 0.6 is 0 Å². The predicted octanol–water partition coefficient (Wildman–Crippen LogP) is 15.2. The van der Waals surface area contributed by atoms with E-state index in [1.807, 2.05) is 13.0 Å². The number of rotatable bonds is 29. The second-order valence-electron chi connectivity index (χ2n) is 15.9. The van der Waals surface area contributed by atoms with E-state index in [-0.39, 0.29) is 28.0 Å². The number of nitrogens with zero attached hydrogens (tertiary/aromatic N) is 2. The van der Waals surface area contributed by atoms with Gasteiger partial charge in [-0.1, -0.05) is 185 Å². The molecule has 0 atom stereocenters. The molecule has 0 aromatic heterocycles. The summed E-state index contributed by atoms with van der Waals surface area (Å²) in [6.45, 7) is 13.1. The third-order valence-corrected chi connectivity index (χ3v) is 10.9. The molecule has 0 aliphatic heterocycles. The summed E-state index contributed by atoms with van der Waals surface area (Å²) in [7, 11) is 0. The molecule has 3 aromatic rings. The van der Waals surface area contributed by atoms with Gasteiger partial charge < -0.3 is 10.2 Å². The van der Waals surface area contributed by atoms with Crippen LogP contribution in [-0.4, -0.2) is 11.4 Å². The van der Waals surface area contributed by atoms with Crippen LogP contribution in [0.1, 0.15) is 205 Å². The van der Waals surface area contributed by atoms with Gasteiger partial charge >= 0.3 is 16.5 Å². The Morgan fingerprint density at radius 2 is 0.737 bits per heavy atom. The zero-order valence-electron chi connectivity index (χ0n) is 37.2. The van der Waals surface area contributed by atoms with E-state index in [9.17, 15) is 10.2 Å². The van der Waals surface area contributed by atoms with Crippen molar-refractivity contribution in [2.24, 2.45) is 9.98 Å². The van der Waals surface area contributed by atoms with Gasteiger partial charge in [0, 0.05) is 0 Å². The van der Waals surface area contributed by atoms with Crippen LogP contribution in [0.15, 0.2) is 70.6 Å². The number of aryl methyl sites for hydroxylation is 4. The number of hydrogen-bond donors (Lipinski definition) is 0. The summed E-state index contributed by atoms with van der Waals surface area (Å²) in [6.07, 6.45) is 31.1. The summed E-state index contributed by atoms with van der Waals surface area (Å²) in [5.74, 6) is -0.586. The number of hydrogen-bond acceptors (Lipinski definition) is 4. The molecule has 0 amide bonds. The standard InChI is InChI=1S/C39H62N2.C13H20O2.Ni/c1-5-9-13-15-17-20-22-34-26-30-36(31-27-34)40-38(24-12-8-4)39(25-19-11-7-3)41-37-32-28-35(29-33-37)23-21-18-16-14-10-6-2;1-3-5-6-7-11-9-8-10(4-2)12(14)13(11)15;/h26-33H,5-25H2,1-4H3;8-9,14-15H,3-7H2,1-2H3;/q;;+2/p-2. The molecule has 0 radical (unpaired) electrons. The van der Waals surface area contributed by atoms with E-state index < -0.39 is 0 Å². The van der Waals surface area contributed by atoms with Crippen molar-refractivity contribution >= 4 is 22.8 Å². The Bertz CT molecular complexity index is 1480. The molecule has 0 fully saturated rings. The Balaban J connectivity index is 0.000000850. The molecule has 320 valence electrons. The van der Waals surface area contributed by atoms with Crippen LogP contribution in [-0.2, 0) is 42.2 Å². The minimum absolute atomic E-state index is 0. The molecular formula is C52H80N2NiO2. The first-order valence-corrected chi connectivity index (χ1v) is 23.2. The fourth-order valence-electron chi connectivity index (χ4n) is 7.11. The van der Waals surface area contributed by atoms with Crippen LogP contribution in [0.2, 0.25) is 0 Å². The summed E-state index contributed by atoms with van der Waals surface area (Å²) in [4.78, 5) is 10.4. The van der Waals surface area contributed by atoms with Crippen molar-refractivity contribution in [1.82, 2.24) is 0 Å². The summed E-state index contributed by atoms with van der Waals surface area (Å²) in [5.41, 5.74) is 8.71. The zero-order valence-corrected chi connectivity index (χ0v) is 38.2. The number of benzene rings is 3. The van der Waals surface area contributed by atoms with Crippen LogP contribution in [0.4, 0.5) is 11.4 Å². The average Bonchev–Trinajstić information content (AvgIpc) is 3.22. The zero-order chi connectivity index (χ0) is 40.6. The molecule has 3 aromatic carbocycles. The quantitative estimate of drug-likeness (QED) is 0.0397. The number of unbranched alkanes of at least 4 members (excludes halogenated alkanes) is 15. The monoisotopic (exact) mass is 823 g/mol. The predicted molar refractivity (Wildman–Crippen MR) is 243 cm³/mol. The van der Waals surface area contributed by atoms with Gasteiger partial charge in [0.25, 0.3) is 0 Å². The Morgan fingerprint density at radius 1 is 0.386 bits per heavy atom. The normalized spacial score (nSPS) is 11.6. The molecule has 5 heteroatoms. The van der Waals surface area contributed by atoms with Crippen molar-refractivity contribution in [3.8, 4) is 11.5 Å². The third-order valence-electron chi connectivity index (χ3n) is 10.9. The summed E-state index contributed by atoms with van der Waals surface area (Å²) in [6, 6.07) is 21.7. The molecule has 0 unspecified atom stereocenters. The molecular weight excluding hydrogens is 743 g/mol. The Kier molecular flexibility index (Phi) is 31.1. The van der Waals surface area contributed by atoms with Gasteiger partial charge in [-0.2, -0.15) is 0 Å². The first kappa shape index (κ1) is 52.1. The molecule has 3 rings (SSSR count). The van der Waals surface area contributed by atoms with Crippen LogP contribution in [0.5, 0.6) is 11.5 Å². The molecule has 4 nitrogen and oxygen atoms in total. The third kappa shape index (κ3) is 22.7. The Hall–Kier alpha value is -2.91. The maximum Gasteiger partial charge on any atom is 2.00 e. The molecule has 0 spiro atoms.